The Morgan fingerprint density at radius 2 is 2.19 bits per heavy atom. The van der Waals surface area contributed by atoms with Gasteiger partial charge in [-0.15, -0.1) is 5.10 Å². The Labute approximate surface area is 160 Å². The smallest absolute Gasteiger partial charge is 0.275 e. The van der Waals surface area contributed by atoms with E-state index >= 15 is 0 Å². The first-order valence-electron chi connectivity index (χ1n) is 8.55. The van der Waals surface area contributed by atoms with Gasteiger partial charge in [-0.05, 0) is 18.6 Å². The van der Waals surface area contributed by atoms with Gasteiger partial charge in [-0.3, -0.25) is 9.59 Å². The van der Waals surface area contributed by atoms with Gasteiger partial charge in [0.15, 0.2) is 0 Å². The number of likely N-dealkylation sites (N-methyl/N-ethyl adjacent to an activating group) is 1. The van der Waals surface area contributed by atoms with Gasteiger partial charge in [0.1, 0.15) is 5.75 Å². The normalized spacial score (nSPS) is 10.8. The lowest BCUT2D eigenvalue weighted by atomic mass is 10.2. The predicted octanol–water partition coefficient (Wildman–Crippen LogP) is 2.19. The first-order chi connectivity index (χ1) is 13.0. The number of hydrogen-bond acceptors (Lipinski definition) is 7. The lowest BCUT2D eigenvalue weighted by Crippen LogP contribution is -2.30. The maximum Gasteiger partial charge on any atom is 0.275 e. The molecule has 8 nitrogen and oxygen atoms in total. The Morgan fingerprint density at radius 3 is 2.93 bits per heavy atom. The third kappa shape index (κ3) is 4.43. The van der Waals surface area contributed by atoms with Crippen LogP contribution < -0.4 is 20.5 Å². The maximum atomic E-state index is 12.3. The summed E-state index contributed by atoms with van der Waals surface area (Å²) < 4.78 is 6.42. The third-order valence-corrected chi connectivity index (χ3v) is 4.88. The molecule has 0 atom stereocenters. The molecule has 9 heteroatoms. The van der Waals surface area contributed by atoms with Gasteiger partial charge < -0.3 is 15.0 Å². The topological polar surface area (TPSA) is 88.8 Å². The number of fused-ring (bicyclic) bond motifs is 1. The molecule has 1 N–H and O–H groups in total. The highest BCUT2D eigenvalue weighted by Crippen LogP contribution is 2.21. The van der Waals surface area contributed by atoms with Crippen LogP contribution in [0.1, 0.15) is 19.0 Å². The van der Waals surface area contributed by atoms with Crippen LogP contribution in [-0.2, 0) is 11.2 Å². The molecule has 0 bridgehead atoms. The minimum absolute atomic E-state index is 0.0909. The number of anilines is 2. The zero-order valence-corrected chi connectivity index (χ0v) is 16.2. The molecule has 3 rings (SSSR count). The molecule has 0 spiro atoms. The van der Waals surface area contributed by atoms with Gasteiger partial charge in [-0.1, -0.05) is 30.7 Å². The summed E-state index contributed by atoms with van der Waals surface area (Å²) in [4.78, 5) is 31.2. The number of methoxy groups -OCH3 is 1. The van der Waals surface area contributed by atoms with Crippen LogP contribution in [0.25, 0.3) is 4.96 Å². The van der Waals surface area contributed by atoms with Crippen molar-refractivity contribution in [3.63, 3.8) is 0 Å². The number of carbonyl (C=O) groups is 1. The van der Waals surface area contributed by atoms with Crippen molar-refractivity contribution in [1.29, 1.82) is 0 Å². The minimum Gasteiger partial charge on any atom is -0.497 e. The van der Waals surface area contributed by atoms with Crippen molar-refractivity contribution in [3.05, 3.63) is 46.4 Å². The molecule has 1 aromatic carbocycles. The van der Waals surface area contributed by atoms with Gasteiger partial charge >= 0.3 is 0 Å². The zero-order chi connectivity index (χ0) is 19.4. The summed E-state index contributed by atoms with van der Waals surface area (Å²) >= 11 is 1.28. The first kappa shape index (κ1) is 18.8. The number of nitrogens with one attached hydrogen (secondary N) is 1. The molecule has 27 heavy (non-hydrogen) atoms. The number of aromatic nitrogens is 3. The number of rotatable bonds is 7. The van der Waals surface area contributed by atoms with Gasteiger partial charge in [0.25, 0.3) is 5.56 Å². The second-order valence-electron chi connectivity index (χ2n) is 6.05. The van der Waals surface area contributed by atoms with E-state index in [-0.39, 0.29) is 18.0 Å². The van der Waals surface area contributed by atoms with Crippen LogP contribution in [0.3, 0.4) is 0 Å². The van der Waals surface area contributed by atoms with E-state index in [1.54, 1.807) is 43.3 Å². The van der Waals surface area contributed by atoms with E-state index in [4.69, 9.17) is 4.74 Å². The van der Waals surface area contributed by atoms with Crippen LogP contribution in [0.5, 0.6) is 5.75 Å². The Hall–Kier alpha value is -2.94. The van der Waals surface area contributed by atoms with Crippen molar-refractivity contribution >= 4 is 33.0 Å². The zero-order valence-electron chi connectivity index (χ0n) is 15.4. The second kappa shape index (κ2) is 8.17. The van der Waals surface area contributed by atoms with Gasteiger partial charge in [-0.2, -0.15) is 4.52 Å². The largest absolute Gasteiger partial charge is 0.497 e. The monoisotopic (exact) mass is 387 g/mol. The Bertz CT molecular complexity index is 1010. The highest BCUT2D eigenvalue weighted by molar-refractivity contribution is 7.20. The van der Waals surface area contributed by atoms with E-state index in [0.29, 0.717) is 21.5 Å². The SMILES string of the molecule is CCCc1cc(=O)n2nc(N(C)CC(=O)Nc3cccc(OC)c3)sc2n1. The molecule has 0 unspecified atom stereocenters. The molecule has 0 aliphatic rings. The van der Waals surface area contributed by atoms with Crippen molar-refractivity contribution < 1.29 is 9.53 Å². The molecule has 1 amide bonds. The fourth-order valence-electron chi connectivity index (χ4n) is 2.57. The fraction of sp³-hybridized carbons (Fsp3) is 0.333. The van der Waals surface area contributed by atoms with Crippen LogP contribution in [0.2, 0.25) is 0 Å². The van der Waals surface area contributed by atoms with Gasteiger partial charge in [-0.25, -0.2) is 4.98 Å². The molecule has 0 saturated heterocycles. The van der Waals surface area contributed by atoms with Crippen LogP contribution in [-0.4, -0.2) is 41.2 Å². The van der Waals surface area contributed by atoms with Gasteiger partial charge in [0, 0.05) is 30.6 Å². The van der Waals surface area contributed by atoms with Crippen LogP contribution in [0.15, 0.2) is 35.1 Å². The average molecular weight is 387 g/mol. The number of ether oxygens (including phenoxy) is 1. The second-order valence-corrected chi connectivity index (χ2v) is 6.99. The van der Waals surface area contributed by atoms with E-state index in [0.717, 1.165) is 18.5 Å². The quantitative estimate of drug-likeness (QED) is 0.668. The van der Waals surface area contributed by atoms with Crippen molar-refractivity contribution in [2.45, 2.75) is 19.8 Å². The van der Waals surface area contributed by atoms with Crippen molar-refractivity contribution in [2.75, 3.05) is 30.9 Å². The lowest BCUT2D eigenvalue weighted by Gasteiger charge is -2.14. The number of carbonyl (C=O) groups excluding carboxylic acids is 1. The van der Waals surface area contributed by atoms with Crippen LogP contribution in [0, 0.1) is 0 Å². The summed E-state index contributed by atoms with van der Waals surface area (Å²) in [5, 5.41) is 7.66. The molecule has 0 aliphatic heterocycles. The predicted molar refractivity (Wildman–Crippen MR) is 106 cm³/mol. The highest BCUT2D eigenvalue weighted by atomic mass is 32.1. The van der Waals surface area contributed by atoms with Crippen molar-refractivity contribution in [1.82, 2.24) is 14.6 Å². The summed E-state index contributed by atoms with van der Waals surface area (Å²) in [6.45, 7) is 2.13. The molecule has 0 aliphatic carbocycles. The van der Waals surface area contributed by atoms with E-state index in [1.165, 1.54) is 21.9 Å². The van der Waals surface area contributed by atoms with E-state index in [2.05, 4.69) is 15.4 Å². The summed E-state index contributed by atoms with van der Waals surface area (Å²) in [6.07, 6.45) is 1.66. The molecule has 0 saturated carbocycles. The summed E-state index contributed by atoms with van der Waals surface area (Å²) in [5.41, 5.74) is 1.20. The summed E-state index contributed by atoms with van der Waals surface area (Å²) in [5.74, 6) is 0.470. The number of benzene rings is 1. The molecule has 2 heterocycles. The number of amides is 1. The molecule has 2 aromatic heterocycles. The summed E-state index contributed by atoms with van der Waals surface area (Å²) in [7, 11) is 3.32. The van der Waals surface area contributed by atoms with E-state index in [1.807, 2.05) is 6.92 Å². The van der Waals surface area contributed by atoms with Crippen LogP contribution >= 0.6 is 11.3 Å². The molecule has 0 fully saturated rings. The molecular weight excluding hydrogens is 366 g/mol. The highest BCUT2D eigenvalue weighted by Gasteiger charge is 2.15. The first-order valence-corrected chi connectivity index (χ1v) is 9.36. The Kier molecular flexibility index (Phi) is 5.70. The number of nitrogens with zero attached hydrogens (tertiary/aromatic N) is 4. The Morgan fingerprint density at radius 1 is 1.37 bits per heavy atom. The third-order valence-electron chi connectivity index (χ3n) is 3.85. The van der Waals surface area contributed by atoms with Crippen molar-refractivity contribution in [3.8, 4) is 5.75 Å². The minimum atomic E-state index is -0.208. The van der Waals surface area contributed by atoms with E-state index < -0.39 is 0 Å². The van der Waals surface area contributed by atoms with Gasteiger partial charge in [0.05, 0.1) is 13.7 Å². The Balaban J connectivity index is 1.73. The summed E-state index contributed by atoms with van der Waals surface area (Å²) in [6, 6.07) is 8.65. The molecular formula is C18H21N5O3S. The molecule has 142 valence electrons. The number of hydrogen-bond donors (Lipinski definition) is 1. The molecule has 0 radical (unpaired) electrons. The number of aryl methyl sites for hydroxylation is 1. The standard InChI is InChI=1S/C18H21N5O3S/c1-4-6-12-10-16(25)23-17(20-12)27-18(21-23)22(2)11-15(24)19-13-7-5-8-14(9-13)26-3/h5,7-10H,4,6,11H2,1-3H3,(H,19,24). The van der Waals surface area contributed by atoms with Gasteiger partial charge in [0.2, 0.25) is 16.0 Å². The fourth-order valence-corrected chi connectivity index (χ4v) is 3.46. The van der Waals surface area contributed by atoms with Crippen LogP contribution in [0.4, 0.5) is 10.8 Å². The maximum absolute atomic E-state index is 12.3. The van der Waals surface area contributed by atoms with E-state index in [9.17, 15) is 9.59 Å². The van der Waals surface area contributed by atoms with Crippen molar-refractivity contribution in [2.24, 2.45) is 0 Å². The molecule has 3 aromatic rings. The average Bonchev–Trinajstić information content (AvgIpc) is 3.07. The lowest BCUT2D eigenvalue weighted by molar-refractivity contribution is -0.114.